The molecule has 2 aromatic rings. The number of aromatic nitrogens is 1. The van der Waals surface area contributed by atoms with Crippen molar-refractivity contribution >= 4 is 17.5 Å². The Kier molecular flexibility index (Phi) is 5.22. The minimum absolute atomic E-state index is 0.0335. The second-order valence-corrected chi connectivity index (χ2v) is 6.87. The third-order valence-electron chi connectivity index (χ3n) is 4.62. The fourth-order valence-corrected chi connectivity index (χ4v) is 2.94. The van der Waals surface area contributed by atoms with Crippen molar-refractivity contribution in [2.24, 2.45) is 0 Å². The Hall–Kier alpha value is -2.56. The molecule has 0 bridgehead atoms. The smallest absolute Gasteiger partial charge is 0.321 e. The Balaban J connectivity index is 1.53. The quantitative estimate of drug-likeness (QED) is 0.924. The van der Waals surface area contributed by atoms with Crippen LogP contribution in [0.2, 0.25) is 0 Å². The van der Waals surface area contributed by atoms with E-state index in [1.807, 2.05) is 36.2 Å². The van der Waals surface area contributed by atoms with Crippen LogP contribution in [-0.2, 0) is 0 Å². The van der Waals surface area contributed by atoms with Gasteiger partial charge in [0.1, 0.15) is 5.82 Å². The van der Waals surface area contributed by atoms with Crippen molar-refractivity contribution < 1.29 is 4.79 Å². The predicted octanol–water partition coefficient (Wildman–Crippen LogP) is 3.87. The maximum absolute atomic E-state index is 12.5. The molecule has 0 saturated carbocycles. The number of pyridine rings is 1. The topological polar surface area (TPSA) is 48.5 Å². The van der Waals surface area contributed by atoms with Gasteiger partial charge in [0.15, 0.2) is 0 Å². The second kappa shape index (κ2) is 7.55. The van der Waals surface area contributed by atoms with Gasteiger partial charge in [0.05, 0.1) is 0 Å². The van der Waals surface area contributed by atoms with E-state index >= 15 is 0 Å². The highest BCUT2D eigenvalue weighted by Gasteiger charge is 2.21. The molecule has 0 spiro atoms. The van der Waals surface area contributed by atoms with E-state index in [0.717, 1.165) is 30.2 Å². The van der Waals surface area contributed by atoms with Crippen LogP contribution in [0.4, 0.5) is 16.3 Å². The van der Waals surface area contributed by atoms with Crippen LogP contribution < -0.4 is 10.2 Å². The molecule has 25 heavy (non-hydrogen) atoms. The zero-order valence-corrected chi connectivity index (χ0v) is 15.2. The number of anilines is 2. The highest BCUT2D eigenvalue weighted by Crippen LogP contribution is 2.18. The van der Waals surface area contributed by atoms with Crippen molar-refractivity contribution in [1.29, 1.82) is 0 Å². The summed E-state index contributed by atoms with van der Waals surface area (Å²) in [5, 5.41) is 2.99. The number of carbonyl (C=O) groups is 1. The number of piperazine rings is 1. The van der Waals surface area contributed by atoms with Gasteiger partial charge in [-0.3, -0.25) is 0 Å². The summed E-state index contributed by atoms with van der Waals surface area (Å²) in [6, 6.07) is 12.2. The third-order valence-corrected chi connectivity index (χ3v) is 4.62. The number of hydrogen-bond acceptors (Lipinski definition) is 3. The highest BCUT2D eigenvalue weighted by atomic mass is 16.2. The average molecular weight is 338 g/mol. The predicted molar refractivity (Wildman–Crippen MR) is 102 cm³/mol. The minimum Gasteiger partial charge on any atom is -0.353 e. The first kappa shape index (κ1) is 17.3. The van der Waals surface area contributed by atoms with Crippen molar-refractivity contribution in [3.8, 4) is 0 Å². The molecule has 0 unspecified atom stereocenters. The second-order valence-electron chi connectivity index (χ2n) is 6.87. The van der Waals surface area contributed by atoms with Crippen LogP contribution in [0, 0.1) is 6.92 Å². The average Bonchev–Trinajstić information content (AvgIpc) is 2.63. The molecule has 5 heteroatoms. The van der Waals surface area contributed by atoms with Crippen LogP contribution in [0.25, 0.3) is 0 Å². The van der Waals surface area contributed by atoms with Crippen LogP contribution in [0.15, 0.2) is 42.6 Å². The van der Waals surface area contributed by atoms with Crippen LogP contribution >= 0.6 is 0 Å². The fraction of sp³-hybridized carbons (Fsp3) is 0.400. The van der Waals surface area contributed by atoms with E-state index in [2.05, 4.69) is 47.2 Å². The van der Waals surface area contributed by atoms with Gasteiger partial charge in [-0.25, -0.2) is 9.78 Å². The number of carbonyl (C=O) groups excluding carboxylic acids is 1. The first-order valence-corrected chi connectivity index (χ1v) is 8.86. The summed E-state index contributed by atoms with van der Waals surface area (Å²) in [5.41, 5.74) is 3.28. The van der Waals surface area contributed by atoms with Gasteiger partial charge in [0.25, 0.3) is 0 Å². The van der Waals surface area contributed by atoms with Gasteiger partial charge >= 0.3 is 6.03 Å². The molecule has 1 fully saturated rings. The van der Waals surface area contributed by atoms with Gasteiger partial charge in [-0.05, 0) is 42.2 Å². The molecule has 1 aliphatic heterocycles. The molecule has 2 heterocycles. The van der Waals surface area contributed by atoms with Crippen LogP contribution in [-0.4, -0.2) is 42.1 Å². The monoisotopic (exact) mass is 338 g/mol. The maximum atomic E-state index is 12.5. The number of urea groups is 1. The molecule has 0 aliphatic carbocycles. The molecule has 1 aromatic heterocycles. The number of amides is 2. The Morgan fingerprint density at radius 3 is 2.28 bits per heavy atom. The molecule has 1 saturated heterocycles. The van der Waals surface area contributed by atoms with Crippen molar-refractivity contribution in [3.63, 3.8) is 0 Å². The molecule has 1 N–H and O–H groups in total. The molecule has 3 rings (SSSR count). The van der Waals surface area contributed by atoms with Crippen molar-refractivity contribution in [1.82, 2.24) is 9.88 Å². The first-order valence-electron chi connectivity index (χ1n) is 8.86. The molecule has 0 atom stereocenters. The van der Waals surface area contributed by atoms with Gasteiger partial charge in [-0.15, -0.1) is 0 Å². The lowest BCUT2D eigenvalue weighted by molar-refractivity contribution is 0.208. The number of nitrogens with one attached hydrogen (secondary N) is 1. The van der Waals surface area contributed by atoms with Gasteiger partial charge in [0.2, 0.25) is 0 Å². The number of nitrogens with zero attached hydrogens (tertiary/aromatic N) is 3. The third kappa shape index (κ3) is 4.29. The molecule has 132 valence electrons. The summed E-state index contributed by atoms with van der Waals surface area (Å²) >= 11 is 0. The SMILES string of the molecule is Cc1ccc(N2CCN(C(=O)Nc3ccc(C(C)C)cc3)CC2)nc1. The van der Waals surface area contributed by atoms with Gasteiger partial charge in [-0.1, -0.05) is 32.0 Å². The van der Waals surface area contributed by atoms with E-state index in [-0.39, 0.29) is 6.03 Å². The van der Waals surface area contributed by atoms with E-state index in [1.54, 1.807) is 0 Å². The summed E-state index contributed by atoms with van der Waals surface area (Å²) < 4.78 is 0. The van der Waals surface area contributed by atoms with E-state index in [1.165, 1.54) is 5.56 Å². The standard InChI is InChI=1S/C20H26N4O/c1-15(2)17-5-7-18(8-6-17)22-20(25)24-12-10-23(11-13-24)19-9-4-16(3)14-21-19/h4-9,14-15H,10-13H2,1-3H3,(H,22,25). The molecule has 2 amide bonds. The van der Waals surface area contributed by atoms with E-state index in [9.17, 15) is 4.79 Å². The Morgan fingerprint density at radius 1 is 1.04 bits per heavy atom. The molecule has 0 radical (unpaired) electrons. The van der Waals surface area contributed by atoms with E-state index in [4.69, 9.17) is 0 Å². The van der Waals surface area contributed by atoms with E-state index in [0.29, 0.717) is 19.0 Å². The summed E-state index contributed by atoms with van der Waals surface area (Å²) in [5.74, 6) is 1.48. The van der Waals surface area contributed by atoms with Crippen molar-refractivity contribution in [2.45, 2.75) is 26.7 Å². The lowest BCUT2D eigenvalue weighted by Crippen LogP contribution is -2.50. The maximum Gasteiger partial charge on any atom is 0.321 e. The number of rotatable bonds is 3. The summed E-state index contributed by atoms with van der Waals surface area (Å²) in [6.45, 7) is 9.36. The molecule has 1 aromatic carbocycles. The zero-order valence-electron chi connectivity index (χ0n) is 15.2. The van der Waals surface area contributed by atoms with Gasteiger partial charge in [0, 0.05) is 38.1 Å². The normalized spacial score (nSPS) is 14.7. The Bertz CT molecular complexity index is 701. The fourth-order valence-electron chi connectivity index (χ4n) is 2.94. The zero-order chi connectivity index (χ0) is 17.8. The van der Waals surface area contributed by atoms with E-state index < -0.39 is 0 Å². The van der Waals surface area contributed by atoms with Crippen LogP contribution in [0.1, 0.15) is 30.9 Å². The highest BCUT2D eigenvalue weighted by molar-refractivity contribution is 5.89. The van der Waals surface area contributed by atoms with Crippen molar-refractivity contribution in [2.75, 3.05) is 36.4 Å². The molecule has 5 nitrogen and oxygen atoms in total. The lowest BCUT2D eigenvalue weighted by atomic mass is 10.0. The summed E-state index contributed by atoms with van der Waals surface area (Å²) in [6.07, 6.45) is 1.88. The first-order chi connectivity index (χ1) is 12.0. The summed E-state index contributed by atoms with van der Waals surface area (Å²) in [7, 11) is 0. The largest absolute Gasteiger partial charge is 0.353 e. The Labute approximate surface area is 149 Å². The number of hydrogen-bond donors (Lipinski definition) is 1. The molecule has 1 aliphatic rings. The van der Waals surface area contributed by atoms with Crippen LogP contribution in [0.5, 0.6) is 0 Å². The van der Waals surface area contributed by atoms with Crippen molar-refractivity contribution in [3.05, 3.63) is 53.7 Å². The van der Waals surface area contributed by atoms with Crippen LogP contribution in [0.3, 0.4) is 0 Å². The molecular formula is C20H26N4O. The summed E-state index contributed by atoms with van der Waals surface area (Å²) in [4.78, 5) is 21.0. The lowest BCUT2D eigenvalue weighted by Gasteiger charge is -2.35. The molecular weight excluding hydrogens is 312 g/mol. The Morgan fingerprint density at radius 2 is 1.72 bits per heavy atom. The van der Waals surface area contributed by atoms with Gasteiger partial charge in [-0.2, -0.15) is 0 Å². The van der Waals surface area contributed by atoms with Gasteiger partial charge < -0.3 is 15.1 Å². The number of benzene rings is 1. The minimum atomic E-state index is -0.0335. The number of aryl methyl sites for hydroxylation is 1.